The Morgan fingerprint density at radius 1 is 1.05 bits per heavy atom. The first-order valence-corrected chi connectivity index (χ1v) is 13.0. The third-order valence-corrected chi connectivity index (χ3v) is 9.42. The van der Waals surface area contributed by atoms with Gasteiger partial charge in [-0.2, -0.15) is 0 Å². The highest BCUT2D eigenvalue weighted by Crippen LogP contribution is 2.65. The maximum absolute atomic E-state index is 12.9. The molecular formula is C26H35ClO10. The Morgan fingerprint density at radius 2 is 1.62 bits per heavy atom. The molecule has 11 heteroatoms. The van der Waals surface area contributed by atoms with Gasteiger partial charge in [0.1, 0.15) is 18.3 Å². The lowest BCUT2D eigenvalue weighted by molar-refractivity contribution is -0.236. The number of hydrogen-bond donors (Lipinski definition) is 1. The van der Waals surface area contributed by atoms with Crippen molar-refractivity contribution in [1.82, 2.24) is 0 Å². The molecule has 4 aliphatic rings. The van der Waals surface area contributed by atoms with Crippen molar-refractivity contribution in [2.75, 3.05) is 0 Å². The van der Waals surface area contributed by atoms with Crippen molar-refractivity contribution >= 4 is 35.5 Å². The average Bonchev–Trinajstić information content (AvgIpc) is 3.39. The molecule has 37 heavy (non-hydrogen) atoms. The SMILES string of the molecule is C=C1CC[C@H](OC(C)=O)[C@@]2(C)[C@@H](OC(C)=O)C[C@H]3O[C@@]3(C)[C@H]2C(OC(C)=O)[C@]2(O)[C@@H](C)C(=O)O[C@H]2[C@H]1Cl. The van der Waals surface area contributed by atoms with E-state index in [-0.39, 0.29) is 12.8 Å². The molecule has 4 fully saturated rings. The topological polar surface area (TPSA) is 138 Å². The van der Waals surface area contributed by atoms with Crippen LogP contribution >= 0.6 is 11.6 Å². The lowest BCUT2D eigenvalue weighted by Gasteiger charge is -2.56. The highest BCUT2D eigenvalue weighted by molar-refractivity contribution is 6.23. The van der Waals surface area contributed by atoms with Gasteiger partial charge in [-0.1, -0.05) is 19.1 Å². The van der Waals surface area contributed by atoms with Crippen LogP contribution in [0, 0.1) is 17.3 Å². The highest BCUT2D eigenvalue weighted by Gasteiger charge is 2.78. The Morgan fingerprint density at radius 3 is 2.19 bits per heavy atom. The quantitative estimate of drug-likeness (QED) is 0.186. The Kier molecular flexibility index (Phi) is 6.95. The number of ether oxygens (including phenoxy) is 5. The van der Waals surface area contributed by atoms with Crippen LogP contribution in [0.1, 0.15) is 60.8 Å². The normalized spacial score (nSPS) is 46.9. The van der Waals surface area contributed by atoms with Crippen LogP contribution in [0.3, 0.4) is 0 Å². The minimum absolute atomic E-state index is 0.245. The van der Waals surface area contributed by atoms with E-state index in [4.69, 9.17) is 35.3 Å². The number of rotatable bonds is 3. The summed E-state index contributed by atoms with van der Waals surface area (Å²) < 4.78 is 29.3. The number of halogens is 1. The summed E-state index contributed by atoms with van der Waals surface area (Å²) in [7, 11) is 0. The summed E-state index contributed by atoms with van der Waals surface area (Å²) in [5, 5.41) is 11.4. The number of carbonyl (C=O) groups is 4. The highest BCUT2D eigenvalue weighted by atomic mass is 35.5. The van der Waals surface area contributed by atoms with Gasteiger partial charge in [0.05, 0.1) is 28.4 Å². The van der Waals surface area contributed by atoms with Gasteiger partial charge < -0.3 is 28.8 Å². The molecule has 1 unspecified atom stereocenters. The molecule has 2 saturated heterocycles. The largest absolute Gasteiger partial charge is 0.462 e. The molecule has 10 nitrogen and oxygen atoms in total. The molecule has 0 aromatic carbocycles. The summed E-state index contributed by atoms with van der Waals surface area (Å²) in [6.45, 7) is 12.9. The van der Waals surface area contributed by atoms with Crippen LogP contribution in [0.4, 0.5) is 0 Å². The number of hydrogen-bond acceptors (Lipinski definition) is 10. The number of fused-ring (bicyclic) bond motifs is 4. The lowest BCUT2D eigenvalue weighted by Crippen LogP contribution is -2.70. The van der Waals surface area contributed by atoms with Crippen molar-refractivity contribution in [1.29, 1.82) is 0 Å². The van der Waals surface area contributed by atoms with Gasteiger partial charge in [-0.05, 0) is 26.7 Å². The fraction of sp³-hybridized carbons (Fsp3) is 0.769. The van der Waals surface area contributed by atoms with E-state index < -0.39 is 88.2 Å². The van der Waals surface area contributed by atoms with Gasteiger partial charge >= 0.3 is 23.9 Å². The molecule has 2 heterocycles. The van der Waals surface area contributed by atoms with Crippen LogP contribution in [-0.4, -0.2) is 76.1 Å². The fourth-order valence-electron chi connectivity index (χ4n) is 6.94. The number of aliphatic hydroxyl groups is 1. The minimum atomic E-state index is -2.10. The van der Waals surface area contributed by atoms with Crippen molar-refractivity contribution in [3.63, 3.8) is 0 Å². The summed E-state index contributed by atoms with van der Waals surface area (Å²) in [4.78, 5) is 50.0. The summed E-state index contributed by atoms with van der Waals surface area (Å²) >= 11 is 6.75. The molecule has 11 atom stereocenters. The van der Waals surface area contributed by atoms with Crippen LogP contribution in [0.2, 0.25) is 0 Å². The molecule has 0 bridgehead atoms. The van der Waals surface area contributed by atoms with E-state index in [0.717, 1.165) is 0 Å². The molecule has 0 aromatic heterocycles. The number of alkyl halides is 1. The van der Waals surface area contributed by atoms with Crippen LogP contribution in [0.5, 0.6) is 0 Å². The Balaban J connectivity index is 2.01. The van der Waals surface area contributed by atoms with Crippen molar-refractivity contribution in [2.24, 2.45) is 17.3 Å². The molecular weight excluding hydrogens is 508 g/mol. The van der Waals surface area contributed by atoms with Gasteiger partial charge in [0.2, 0.25) is 0 Å². The van der Waals surface area contributed by atoms with Crippen molar-refractivity contribution < 1.29 is 48.0 Å². The van der Waals surface area contributed by atoms with Crippen LogP contribution < -0.4 is 0 Å². The van der Waals surface area contributed by atoms with E-state index in [1.165, 1.54) is 27.7 Å². The van der Waals surface area contributed by atoms with Gasteiger partial charge in [-0.3, -0.25) is 19.2 Å². The minimum Gasteiger partial charge on any atom is -0.462 e. The first-order valence-electron chi connectivity index (χ1n) is 12.5. The smallest absolute Gasteiger partial charge is 0.312 e. The summed E-state index contributed by atoms with van der Waals surface area (Å²) in [6.07, 6.45) is -3.96. The lowest BCUT2D eigenvalue weighted by atomic mass is 9.53. The Bertz CT molecular complexity index is 1030. The monoisotopic (exact) mass is 542 g/mol. The maximum Gasteiger partial charge on any atom is 0.312 e. The third-order valence-electron chi connectivity index (χ3n) is 8.88. The molecule has 1 N–H and O–H groups in total. The third kappa shape index (κ3) is 4.25. The van der Waals surface area contributed by atoms with Gasteiger partial charge in [0, 0.05) is 33.1 Å². The maximum atomic E-state index is 12.9. The van der Waals surface area contributed by atoms with Gasteiger partial charge in [-0.15, -0.1) is 11.6 Å². The van der Waals surface area contributed by atoms with Crippen LogP contribution in [-0.2, 0) is 42.9 Å². The van der Waals surface area contributed by atoms with E-state index in [1.54, 1.807) is 6.92 Å². The van der Waals surface area contributed by atoms with Gasteiger partial charge in [0.15, 0.2) is 11.7 Å². The molecule has 0 spiro atoms. The van der Waals surface area contributed by atoms with Gasteiger partial charge in [-0.25, -0.2) is 0 Å². The van der Waals surface area contributed by atoms with E-state index in [1.807, 2.05) is 6.92 Å². The number of esters is 4. The summed E-state index contributed by atoms with van der Waals surface area (Å²) in [5.74, 6) is -4.56. The summed E-state index contributed by atoms with van der Waals surface area (Å²) in [6, 6.07) is 0. The first kappa shape index (κ1) is 27.9. The van der Waals surface area contributed by atoms with E-state index in [0.29, 0.717) is 12.0 Å². The zero-order chi connectivity index (χ0) is 27.7. The summed E-state index contributed by atoms with van der Waals surface area (Å²) in [5.41, 5.74) is -3.84. The molecule has 0 aromatic rings. The molecule has 2 saturated carbocycles. The molecule has 206 valence electrons. The Labute approximate surface area is 220 Å². The molecule has 0 radical (unpaired) electrons. The van der Waals surface area contributed by atoms with Crippen molar-refractivity contribution in [3.05, 3.63) is 12.2 Å². The zero-order valence-corrected chi connectivity index (χ0v) is 22.7. The first-order chi connectivity index (χ1) is 17.1. The second-order valence-electron chi connectivity index (χ2n) is 11.2. The molecule has 2 aliphatic carbocycles. The predicted octanol–water partition coefficient (Wildman–Crippen LogP) is 2.22. The molecule has 2 aliphatic heterocycles. The van der Waals surface area contributed by atoms with Crippen LogP contribution in [0.15, 0.2) is 12.2 Å². The standard InChI is InChI=1S/C26H35ClO10/c1-11-8-9-16(33-13(3)28)24(6)17(34-14(4)29)10-18-25(7,37-18)20(24)22(35-15(5)30)26(32)12(2)23(31)36-21(26)19(11)27/h12,16-22,32H,1,8-10H2,2-7H3/t12-,16-,17-,18+,19-,20-,21-,22?,24-,25+,26-/m0/s1. The molecule has 4 rings (SSSR count). The zero-order valence-electron chi connectivity index (χ0n) is 21.9. The molecule has 0 amide bonds. The van der Waals surface area contributed by atoms with E-state index in [9.17, 15) is 24.3 Å². The fourth-order valence-corrected chi connectivity index (χ4v) is 7.30. The van der Waals surface area contributed by atoms with Crippen molar-refractivity contribution in [3.8, 4) is 0 Å². The second-order valence-corrected chi connectivity index (χ2v) is 11.6. The second kappa shape index (κ2) is 9.24. The predicted molar refractivity (Wildman–Crippen MR) is 128 cm³/mol. The average molecular weight is 543 g/mol. The Hall–Kier alpha value is -2.17. The van der Waals surface area contributed by atoms with E-state index >= 15 is 0 Å². The van der Waals surface area contributed by atoms with Crippen molar-refractivity contribution in [2.45, 2.75) is 108 Å². The van der Waals surface area contributed by atoms with Crippen LogP contribution in [0.25, 0.3) is 0 Å². The number of epoxide rings is 1. The van der Waals surface area contributed by atoms with Gasteiger partial charge in [0.25, 0.3) is 0 Å². The van der Waals surface area contributed by atoms with E-state index in [2.05, 4.69) is 6.58 Å². The number of carbonyl (C=O) groups excluding carboxylic acids is 4.